The largest absolute Gasteiger partial charge is 0.422 e. The van der Waals surface area contributed by atoms with Crippen LogP contribution in [0.4, 0.5) is 0 Å². The molecule has 2 nitrogen and oxygen atoms in total. The first-order valence-electron chi connectivity index (χ1n) is 5.67. The summed E-state index contributed by atoms with van der Waals surface area (Å²) < 4.78 is 6.29. The van der Waals surface area contributed by atoms with Crippen molar-refractivity contribution in [1.82, 2.24) is 0 Å². The monoisotopic (exact) mass is 332 g/mol. The highest BCUT2D eigenvalue weighted by atomic mass is 79.9. The Morgan fingerprint density at radius 1 is 1.16 bits per heavy atom. The van der Waals surface area contributed by atoms with Gasteiger partial charge in [0.2, 0.25) is 0 Å². The lowest BCUT2D eigenvalue weighted by Crippen LogP contribution is -1.96. The molecule has 2 aromatic rings. The number of carbonyl (C=O) groups excluding carboxylic acids is 1. The number of rotatable bonds is 2. The minimum atomic E-state index is -0.300. The van der Waals surface area contributed by atoms with Crippen molar-refractivity contribution in [1.29, 1.82) is 0 Å². The molecule has 0 amide bonds. The van der Waals surface area contributed by atoms with E-state index in [1.54, 1.807) is 17.4 Å². The Morgan fingerprint density at radius 3 is 2.63 bits per heavy atom. The second-order valence-electron chi connectivity index (χ2n) is 4.02. The summed E-state index contributed by atoms with van der Waals surface area (Å²) in [5.41, 5.74) is 1.48. The first-order chi connectivity index (χ1) is 9.22. The van der Waals surface area contributed by atoms with Crippen molar-refractivity contribution in [2.75, 3.05) is 0 Å². The van der Waals surface area contributed by atoms with Gasteiger partial charge in [0.15, 0.2) is 0 Å². The Labute approximate surface area is 123 Å². The van der Waals surface area contributed by atoms with Gasteiger partial charge in [-0.15, -0.1) is 11.3 Å². The summed E-state index contributed by atoms with van der Waals surface area (Å²) in [5, 5.41) is 1.98. The van der Waals surface area contributed by atoms with Gasteiger partial charge in [-0.1, -0.05) is 34.1 Å². The van der Waals surface area contributed by atoms with E-state index in [1.165, 1.54) is 0 Å². The normalized spacial score (nSPS) is 16.6. The maximum Gasteiger partial charge on any atom is 0.343 e. The summed E-state index contributed by atoms with van der Waals surface area (Å²) in [6, 6.07) is 11.6. The molecule has 0 spiro atoms. The smallest absolute Gasteiger partial charge is 0.343 e. The molecule has 4 heteroatoms. The predicted octanol–water partition coefficient (Wildman–Crippen LogP) is 4.49. The predicted molar refractivity (Wildman–Crippen MR) is 80.5 cm³/mol. The van der Waals surface area contributed by atoms with Crippen LogP contribution in [0.1, 0.15) is 10.4 Å². The van der Waals surface area contributed by atoms with Crippen molar-refractivity contribution in [2.45, 2.75) is 0 Å². The molecule has 0 saturated carbocycles. The molecule has 2 heterocycles. The molecule has 0 aliphatic carbocycles. The minimum Gasteiger partial charge on any atom is -0.422 e. The van der Waals surface area contributed by atoms with Crippen LogP contribution in [0.25, 0.3) is 11.8 Å². The molecule has 1 aromatic carbocycles. The third-order valence-electron chi connectivity index (χ3n) is 2.69. The average molecular weight is 333 g/mol. The van der Waals surface area contributed by atoms with E-state index in [4.69, 9.17) is 4.74 Å². The fourth-order valence-corrected chi connectivity index (χ4v) is 2.70. The second-order valence-corrected chi connectivity index (χ2v) is 5.92. The van der Waals surface area contributed by atoms with E-state index in [1.807, 2.05) is 47.9 Å². The highest BCUT2D eigenvalue weighted by Crippen LogP contribution is 2.28. The zero-order chi connectivity index (χ0) is 13.2. The van der Waals surface area contributed by atoms with Crippen LogP contribution in [0.3, 0.4) is 0 Å². The van der Waals surface area contributed by atoms with Gasteiger partial charge in [0.25, 0.3) is 0 Å². The van der Waals surface area contributed by atoms with E-state index in [0.29, 0.717) is 11.3 Å². The number of esters is 1. The summed E-state index contributed by atoms with van der Waals surface area (Å²) in [5.74, 6) is 0.298. The van der Waals surface area contributed by atoms with Gasteiger partial charge in [-0.25, -0.2) is 4.79 Å². The van der Waals surface area contributed by atoms with Crippen molar-refractivity contribution in [3.8, 4) is 0 Å². The van der Waals surface area contributed by atoms with Gasteiger partial charge in [-0.2, -0.15) is 0 Å². The number of cyclic esters (lactones) is 1. The lowest BCUT2D eigenvalue weighted by molar-refractivity contribution is -0.130. The van der Waals surface area contributed by atoms with Crippen molar-refractivity contribution in [3.63, 3.8) is 0 Å². The molecule has 1 aromatic heterocycles. The van der Waals surface area contributed by atoms with Crippen LogP contribution in [0.15, 0.2) is 57.9 Å². The quantitative estimate of drug-likeness (QED) is 0.598. The van der Waals surface area contributed by atoms with Gasteiger partial charge in [-0.05, 0) is 35.7 Å². The van der Waals surface area contributed by atoms with Crippen LogP contribution in [-0.2, 0) is 9.53 Å². The molecule has 1 aliphatic rings. The first kappa shape index (κ1) is 12.4. The number of carbonyl (C=O) groups is 1. The van der Waals surface area contributed by atoms with E-state index in [2.05, 4.69) is 15.9 Å². The van der Waals surface area contributed by atoms with Crippen molar-refractivity contribution in [2.24, 2.45) is 0 Å². The number of benzene rings is 1. The molecular weight excluding hydrogens is 324 g/mol. The molecule has 0 atom stereocenters. The van der Waals surface area contributed by atoms with Gasteiger partial charge < -0.3 is 4.74 Å². The molecule has 0 fully saturated rings. The fraction of sp³-hybridized carbons (Fsp3) is 0. The lowest BCUT2D eigenvalue weighted by atomic mass is 10.1. The third-order valence-corrected chi connectivity index (χ3v) is 4.04. The molecule has 0 N–H and O–H groups in total. The molecular formula is C15H9BrO2S. The van der Waals surface area contributed by atoms with Crippen LogP contribution in [0, 0.1) is 0 Å². The molecule has 19 heavy (non-hydrogen) atoms. The second kappa shape index (κ2) is 5.15. The summed E-state index contributed by atoms with van der Waals surface area (Å²) in [4.78, 5) is 12.8. The molecule has 0 radical (unpaired) electrons. The van der Waals surface area contributed by atoms with Crippen molar-refractivity contribution < 1.29 is 9.53 Å². The highest BCUT2D eigenvalue weighted by molar-refractivity contribution is 9.10. The number of ether oxygens (including phenoxy) is 1. The Balaban J connectivity index is 1.93. The number of hydrogen-bond donors (Lipinski definition) is 0. The summed E-state index contributed by atoms with van der Waals surface area (Å²) in [6.45, 7) is 0. The zero-order valence-electron chi connectivity index (χ0n) is 9.80. The Kier molecular flexibility index (Phi) is 3.36. The standard InChI is InChI=1S/C15H9BrO2S/c16-12-5-3-10(4-6-12)14-9-11(15(17)18-14)8-13-2-1-7-19-13/h1-9H. The van der Waals surface area contributed by atoms with Crippen LogP contribution in [-0.4, -0.2) is 5.97 Å². The van der Waals surface area contributed by atoms with Crippen molar-refractivity contribution >= 4 is 45.1 Å². The van der Waals surface area contributed by atoms with Gasteiger partial charge in [0.05, 0.1) is 5.57 Å². The number of thiophene rings is 1. The SMILES string of the molecule is O=C1OC(c2ccc(Br)cc2)=CC1=Cc1cccs1. The average Bonchev–Trinajstić information content (AvgIpc) is 3.02. The molecule has 94 valence electrons. The van der Waals surface area contributed by atoms with E-state index < -0.39 is 0 Å². The van der Waals surface area contributed by atoms with E-state index in [0.717, 1.165) is 14.9 Å². The maximum atomic E-state index is 11.8. The number of halogens is 1. The van der Waals surface area contributed by atoms with Crippen LogP contribution in [0.2, 0.25) is 0 Å². The maximum absolute atomic E-state index is 11.8. The van der Waals surface area contributed by atoms with E-state index in [-0.39, 0.29) is 5.97 Å². The van der Waals surface area contributed by atoms with Gasteiger partial charge in [0, 0.05) is 14.9 Å². The molecule has 3 rings (SSSR count). The molecule has 0 bridgehead atoms. The van der Waals surface area contributed by atoms with Gasteiger partial charge >= 0.3 is 5.97 Å². The minimum absolute atomic E-state index is 0.300. The summed E-state index contributed by atoms with van der Waals surface area (Å²) in [7, 11) is 0. The number of hydrogen-bond acceptors (Lipinski definition) is 3. The summed E-state index contributed by atoms with van der Waals surface area (Å²) in [6.07, 6.45) is 3.63. The van der Waals surface area contributed by atoms with Gasteiger partial charge in [-0.3, -0.25) is 0 Å². The van der Waals surface area contributed by atoms with Crippen molar-refractivity contribution in [3.05, 3.63) is 68.3 Å². The topological polar surface area (TPSA) is 26.3 Å². The lowest BCUT2D eigenvalue weighted by Gasteiger charge is -2.01. The fourth-order valence-electron chi connectivity index (χ4n) is 1.77. The van der Waals surface area contributed by atoms with Gasteiger partial charge in [0.1, 0.15) is 5.76 Å². The van der Waals surface area contributed by atoms with Crippen LogP contribution in [0.5, 0.6) is 0 Å². The Bertz CT molecular complexity index is 667. The van der Waals surface area contributed by atoms with Crippen LogP contribution < -0.4 is 0 Å². The van der Waals surface area contributed by atoms with Crippen LogP contribution >= 0.6 is 27.3 Å². The molecule has 0 saturated heterocycles. The highest BCUT2D eigenvalue weighted by Gasteiger charge is 2.21. The Hall–Kier alpha value is -1.65. The molecule has 1 aliphatic heterocycles. The summed E-state index contributed by atoms with van der Waals surface area (Å²) >= 11 is 4.97. The molecule has 0 unspecified atom stereocenters. The first-order valence-corrected chi connectivity index (χ1v) is 7.35. The van der Waals surface area contributed by atoms with E-state index >= 15 is 0 Å². The Morgan fingerprint density at radius 2 is 1.95 bits per heavy atom. The zero-order valence-corrected chi connectivity index (χ0v) is 12.2. The third kappa shape index (κ3) is 2.69. The van der Waals surface area contributed by atoms with E-state index in [9.17, 15) is 4.79 Å².